The van der Waals surface area contributed by atoms with Crippen molar-refractivity contribution < 1.29 is 0 Å². The van der Waals surface area contributed by atoms with E-state index in [4.69, 9.17) is 10.5 Å². The van der Waals surface area contributed by atoms with Crippen LogP contribution >= 0.6 is 0 Å². The van der Waals surface area contributed by atoms with E-state index in [-0.39, 0.29) is 6.04 Å². The van der Waals surface area contributed by atoms with Crippen molar-refractivity contribution in [3.05, 3.63) is 18.1 Å². The van der Waals surface area contributed by atoms with Crippen LogP contribution in [0, 0.1) is 22.7 Å². The van der Waals surface area contributed by atoms with Gasteiger partial charge in [-0.2, -0.15) is 10.5 Å². The molecule has 0 unspecified atom stereocenters. The van der Waals surface area contributed by atoms with E-state index in [1.54, 1.807) is 0 Å². The first kappa shape index (κ1) is 10.9. The monoisotopic (exact) mass is 201 g/mol. The summed E-state index contributed by atoms with van der Waals surface area (Å²) >= 11 is 0. The highest BCUT2D eigenvalue weighted by Crippen LogP contribution is 2.11. The molecule has 0 bridgehead atoms. The molecule has 0 aliphatic heterocycles. The van der Waals surface area contributed by atoms with E-state index >= 15 is 0 Å². The molecule has 15 heavy (non-hydrogen) atoms. The molecule has 0 amide bonds. The van der Waals surface area contributed by atoms with E-state index < -0.39 is 0 Å². The van der Waals surface area contributed by atoms with E-state index in [9.17, 15) is 0 Å². The lowest BCUT2D eigenvalue weighted by Crippen LogP contribution is -2.29. The van der Waals surface area contributed by atoms with Gasteiger partial charge in [0.2, 0.25) is 0 Å². The molecule has 0 aliphatic carbocycles. The van der Waals surface area contributed by atoms with Gasteiger partial charge in [-0.05, 0) is 6.92 Å². The average molecular weight is 201 g/mol. The van der Waals surface area contributed by atoms with Crippen LogP contribution in [0.15, 0.2) is 12.4 Å². The highest BCUT2D eigenvalue weighted by molar-refractivity contribution is 5.37. The Morgan fingerprint density at radius 1 is 1.40 bits per heavy atom. The average Bonchev–Trinajstić information content (AvgIpc) is 2.28. The molecule has 76 valence electrons. The van der Waals surface area contributed by atoms with Gasteiger partial charge in [-0.15, -0.1) is 0 Å². The van der Waals surface area contributed by atoms with Crippen LogP contribution in [0.5, 0.6) is 0 Å². The van der Waals surface area contributed by atoms with Gasteiger partial charge in [0, 0.05) is 13.1 Å². The van der Waals surface area contributed by atoms with Gasteiger partial charge < -0.3 is 4.90 Å². The minimum atomic E-state index is 0.0808. The SMILES string of the molecule is C[C@@H](CC#N)N(C)c1cnc(C#N)cn1. The zero-order valence-corrected chi connectivity index (χ0v) is 8.68. The van der Waals surface area contributed by atoms with Crippen LogP contribution in [0.1, 0.15) is 19.0 Å². The molecule has 5 nitrogen and oxygen atoms in total. The normalized spacial score (nSPS) is 11.2. The van der Waals surface area contributed by atoms with Crippen LogP contribution in [0.3, 0.4) is 0 Å². The second-order valence-corrected chi connectivity index (χ2v) is 3.19. The molecule has 0 spiro atoms. The lowest BCUT2D eigenvalue weighted by atomic mass is 10.2. The van der Waals surface area contributed by atoms with Crippen LogP contribution in [0.2, 0.25) is 0 Å². The Morgan fingerprint density at radius 2 is 2.13 bits per heavy atom. The topological polar surface area (TPSA) is 76.6 Å². The number of nitriles is 2. The van der Waals surface area contributed by atoms with Gasteiger partial charge in [0.1, 0.15) is 11.9 Å². The molecule has 0 radical (unpaired) electrons. The van der Waals surface area contributed by atoms with E-state index in [0.29, 0.717) is 17.9 Å². The van der Waals surface area contributed by atoms with Gasteiger partial charge in [0.05, 0.1) is 24.9 Å². The van der Waals surface area contributed by atoms with Gasteiger partial charge in [-0.3, -0.25) is 0 Å². The first-order valence-electron chi connectivity index (χ1n) is 4.51. The van der Waals surface area contributed by atoms with Crippen molar-refractivity contribution in [2.24, 2.45) is 0 Å². The fourth-order valence-electron chi connectivity index (χ4n) is 1.06. The van der Waals surface area contributed by atoms with Gasteiger partial charge in [0.25, 0.3) is 0 Å². The molecule has 1 aromatic heterocycles. The lowest BCUT2D eigenvalue weighted by Gasteiger charge is -2.23. The fourth-order valence-corrected chi connectivity index (χ4v) is 1.06. The molecular formula is C10H11N5. The predicted molar refractivity (Wildman–Crippen MR) is 54.8 cm³/mol. The zero-order valence-electron chi connectivity index (χ0n) is 8.68. The molecule has 0 aliphatic rings. The van der Waals surface area contributed by atoms with Crippen LogP contribution in [-0.2, 0) is 0 Å². The van der Waals surface area contributed by atoms with E-state index in [1.165, 1.54) is 12.4 Å². The molecule has 0 N–H and O–H groups in total. The van der Waals surface area contributed by atoms with Crippen molar-refractivity contribution in [2.75, 3.05) is 11.9 Å². The van der Waals surface area contributed by atoms with Crippen LogP contribution in [0.4, 0.5) is 5.82 Å². The Morgan fingerprint density at radius 3 is 2.60 bits per heavy atom. The van der Waals surface area contributed by atoms with Crippen LogP contribution < -0.4 is 4.90 Å². The lowest BCUT2D eigenvalue weighted by molar-refractivity contribution is 0.692. The summed E-state index contributed by atoms with van der Waals surface area (Å²) in [5, 5.41) is 17.1. The number of hydrogen-bond donors (Lipinski definition) is 0. The highest BCUT2D eigenvalue weighted by Gasteiger charge is 2.10. The number of rotatable bonds is 3. The minimum absolute atomic E-state index is 0.0808. The predicted octanol–water partition coefficient (Wildman–Crippen LogP) is 1.09. The number of anilines is 1. The van der Waals surface area contributed by atoms with Crippen molar-refractivity contribution in [3.63, 3.8) is 0 Å². The third-order valence-corrected chi connectivity index (χ3v) is 2.16. The Hall–Kier alpha value is -2.14. The molecule has 1 rings (SSSR count). The first-order chi connectivity index (χ1) is 7.19. The number of hydrogen-bond acceptors (Lipinski definition) is 5. The van der Waals surface area contributed by atoms with Crippen LogP contribution in [0.25, 0.3) is 0 Å². The molecule has 1 aromatic rings. The summed E-state index contributed by atoms with van der Waals surface area (Å²) in [6, 6.07) is 4.08. The van der Waals surface area contributed by atoms with Crippen molar-refractivity contribution in [1.82, 2.24) is 9.97 Å². The Bertz CT molecular complexity index is 397. The quantitative estimate of drug-likeness (QED) is 0.731. The van der Waals surface area contributed by atoms with E-state index in [1.807, 2.05) is 24.9 Å². The van der Waals surface area contributed by atoms with E-state index in [0.717, 1.165) is 0 Å². The summed E-state index contributed by atoms with van der Waals surface area (Å²) in [4.78, 5) is 9.86. The second-order valence-electron chi connectivity index (χ2n) is 3.19. The van der Waals surface area contributed by atoms with Crippen LogP contribution in [-0.4, -0.2) is 23.1 Å². The van der Waals surface area contributed by atoms with Gasteiger partial charge in [-0.1, -0.05) is 0 Å². The number of nitrogens with zero attached hydrogens (tertiary/aromatic N) is 5. The standard InChI is InChI=1S/C10H11N5/c1-8(3-4-11)15(2)10-7-13-9(5-12)6-14-10/h6-8H,3H2,1-2H3/t8-/m0/s1. The van der Waals surface area contributed by atoms with Crippen molar-refractivity contribution in [2.45, 2.75) is 19.4 Å². The molecule has 1 atom stereocenters. The maximum Gasteiger partial charge on any atom is 0.158 e. The molecule has 1 heterocycles. The fraction of sp³-hybridized carbons (Fsp3) is 0.400. The molecular weight excluding hydrogens is 190 g/mol. The summed E-state index contributed by atoms with van der Waals surface area (Å²) in [5.74, 6) is 0.664. The maximum absolute atomic E-state index is 8.56. The Balaban J connectivity index is 2.79. The maximum atomic E-state index is 8.56. The summed E-state index contributed by atoms with van der Waals surface area (Å²) in [7, 11) is 1.85. The van der Waals surface area contributed by atoms with Crippen molar-refractivity contribution in [3.8, 4) is 12.1 Å². The summed E-state index contributed by atoms with van der Waals surface area (Å²) in [5.41, 5.74) is 0.292. The van der Waals surface area contributed by atoms with Crippen molar-refractivity contribution in [1.29, 1.82) is 10.5 Å². The van der Waals surface area contributed by atoms with Crippen molar-refractivity contribution >= 4 is 5.82 Å². The third kappa shape index (κ3) is 2.65. The molecule has 0 aromatic carbocycles. The van der Waals surface area contributed by atoms with Gasteiger partial charge in [0.15, 0.2) is 5.69 Å². The van der Waals surface area contributed by atoms with Gasteiger partial charge >= 0.3 is 0 Å². The molecule has 5 heteroatoms. The summed E-state index contributed by atoms with van der Waals surface area (Å²) in [6.07, 6.45) is 3.38. The largest absolute Gasteiger partial charge is 0.355 e. The third-order valence-electron chi connectivity index (χ3n) is 2.16. The minimum Gasteiger partial charge on any atom is -0.355 e. The molecule has 0 fully saturated rings. The van der Waals surface area contributed by atoms with Gasteiger partial charge in [-0.25, -0.2) is 9.97 Å². The zero-order chi connectivity index (χ0) is 11.3. The summed E-state index contributed by atoms with van der Waals surface area (Å²) < 4.78 is 0. The smallest absolute Gasteiger partial charge is 0.158 e. The Kier molecular flexibility index (Phi) is 3.59. The van der Waals surface area contributed by atoms with E-state index in [2.05, 4.69) is 16.0 Å². The molecule has 0 saturated carbocycles. The number of aromatic nitrogens is 2. The summed E-state index contributed by atoms with van der Waals surface area (Å²) in [6.45, 7) is 1.93. The Labute approximate surface area is 88.6 Å². The highest BCUT2D eigenvalue weighted by atomic mass is 15.2. The second kappa shape index (κ2) is 4.92. The molecule has 0 saturated heterocycles. The first-order valence-corrected chi connectivity index (χ1v) is 4.51.